The minimum absolute atomic E-state index is 0.206. The lowest BCUT2D eigenvalue weighted by atomic mass is 10.3. The van der Waals surface area contributed by atoms with E-state index in [1.165, 1.54) is 6.20 Å². The van der Waals surface area contributed by atoms with Crippen LogP contribution >= 0.6 is 11.3 Å². The average molecular weight is 265 g/mol. The van der Waals surface area contributed by atoms with Gasteiger partial charge in [0, 0.05) is 5.38 Å². The van der Waals surface area contributed by atoms with Crippen LogP contribution in [0.4, 0.5) is 0 Å². The molecule has 0 bridgehead atoms. The summed E-state index contributed by atoms with van der Waals surface area (Å²) in [5.74, 6) is -0.267. The SMILES string of the molecule is CCCc1nc(Cn2c(C(=O)O)cnc2C)cs1. The van der Waals surface area contributed by atoms with E-state index in [1.807, 2.05) is 5.38 Å². The Labute approximate surface area is 109 Å². The molecule has 2 aromatic heterocycles. The van der Waals surface area contributed by atoms with Gasteiger partial charge in [0.1, 0.15) is 11.5 Å². The third-order valence-electron chi connectivity index (χ3n) is 2.66. The van der Waals surface area contributed by atoms with Gasteiger partial charge in [-0.25, -0.2) is 14.8 Å². The van der Waals surface area contributed by atoms with Crippen molar-refractivity contribution in [1.82, 2.24) is 14.5 Å². The standard InChI is InChI=1S/C12H15N3O2S/c1-3-4-11-14-9(7-18-11)6-15-8(2)13-5-10(15)12(16)17/h5,7H,3-4,6H2,1-2H3,(H,16,17). The molecule has 0 aromatic carbocycles. The van der Waals surface area contributed by atoms with Gasteiger partial charge in [0.05, 0.1) is 23.4 Å². The molecule has 0 aliphatic heterocycles. The molecule has 2 rings (SSSR count). The van der Waals surface area contributed by atoms with E-state index in [9.17, 15) is 4.79 Å². The lowest BCUT2D eigenvalue weighted by Gasteiger charge is -2.05. The van der Waals surface area contributed by atoms with E-state index in [1.54, 1.807) is 22.8 Å². The molecule has 0 unspecified atom stereocenters. The number of imidazole rings is 1. The fourth-order valence-corrected chi connectivity index (χ4v) is 2.64. The molecular weight excluding hydrogens is 250 g/mol. The van der Waals surface area contributed by atoms with Crippen molar-refractivity contribution in [1.29, 1.82) is 0 Å². The van der Waals surface area contributed by atoms with Crippen LogP contribution in [0.1, 0.15) is 40.4 Å². The molecule has 2 aromatic rings. The first-order chi connectivity index (χ1) is 8.61. The number of carboxylic acid groups (broad SMARTS) is 1. The van der Waals surface area contributed by atoms with Crippen molar-refractivity contribution in [3.05, 3.63) is 33.8 Å². The third-order valence-corrected chi connectivity index (χ3v) is 3.61. The van der Waals surface area contributed by atoms with Crippen molar-refractivity contribution >= 4 is 17.3 Å². The van der Waals surface area contributed by atoms with Crippen LogP contribution in [0, 0.1) is 6.92 Å². The van der Waals surface area contributed by atoms with Gasteiger partial charge in [-0.15, -0.1) is 11.3 Å². The summed E-state index contributed by atoms with van der Waals surface area (Å²) >= 11 is 1.62. The predicted octanol–water partition coefficient (Wildman–Crippen LogP) is 2.35. The fraction of sp³-hybridized carbons (Fsp3) is 0.417. The summed E-state index contributed by atoms with van der Waals surface area (Å²) < 4.78 is 1.67. The summed E-state index contributed by atoms with van der Waals surface area (Å²) in [5.41, 5.74) is 1.10. The van der Waals surface area contributed by atoms with Gasteiger partial charge in [-0.3, -0.25) is 0 Å². The smallest absolute Gasteiger partial charge is 0.354 e. The number of aryl methyl sites for hydroxylation is 2. The summed E-state index contributed by atoms with van der Waals surface area (Å²) in [4.78, 5) is 19.6. The van der Waals surface area contributed by atoms with E-state index >= 15 is 0 Å². The van der Waals surface area contributed by atoms with Crippen LogP contribution in [-0.2, 0) is 13.0 Å². The molecule has 2 heterocycles. The van der Waals surface area contributed by atoms with E-state index in [2.05, 4.69) is 16.9 Å². The van der Waals surface area contributed by atoms with Gasteiger partial charge in [0.25, 0.3) is 0 Å². The first-order valence-electron chi connectivity index (χ1n) is 5.80. The Morgan fingerprint density at radius 2 is 2.33 bits per heavy atom. The molecule has 0 amide bonds. The third kappa shape index (κ3) is 2.59. The Morgan fingerprint density at radius 1 is 1.56 bits per heavy atom. The van der Waals surface area contributed by atoms with Crippen LogP contribution in [0.15, 0.2) is 11.6 Å². The van der Waals surface area contributed by atoms with Gasteiger partial charge < -0.3 is 9.67 Å². The monoisotopic (exact) mass is 265 g/mol. The van der Waals surface area contributed by atoms with E-state index in [-0.39, 0.29) is 5.69 Å². The lowest BCUT2D eigenvalue weighted by molar-refractivity contribution is 0.0685. The van der Waals surface area contributed by atoms with Gasteiger partial charge in [-0.1, -0.05) is 6.92 Å². The van der Waals surface area contributed by atoms with Crippen LogP contribution in [0.3, 0.4) is 0 Å². The number of carboxylic acids is 1. The summed E-state index contributed by atoms with van der Waals surface area (Å²) in [6.45, 7) is 4.38. The molecule has 6 heteroatoms. The molecule has 96 valence electrons. The van der Waals surface area contributed by atoms with Crippen molar-refractivity contribution in [2.24, 2.45) is 0 Å². The average Bonchev–Trinajstić information content (AvgIpc) is 2.89. The van der Waals surface area contributed by atoms with E-state index in [0.29, 0.717) is 12.4 Å². The number of rotatable bonds is 5. The highest BCUT2D eigenvalue weighted by molar-refractivity contribution is 7.09. The number of thiazole rings is 1. The van der Waals surface area contributed by atoms with Crippen molar-refractivity contribution in [3.63, 3.8) is 0 Å². The Hall–Kier alpha value is -1.69. The van der Waals surface area contributed by atoms with Gasteiger partial charge in [-0.05, 0) is 19.8 Å². The Morgan fingerprint density at radius 3 is 3.00 bits per heavy atom. The molecular formula is C12H15N3O2S. The Kier molecular flexibility index (Phi) is 3.76. The molecule has 1 N–H and O–H groups in total. The first-order valence-corrected chi connectivity index (χ1v) is 6.68. The Bertz CT molecular complexity index is 559. The van der Waals surface area contributed by atoms with Crippen LogP contribution in [0.25, 0.3) is 0 Å². The Balaban J connectivity index is 2.22. The highest BCUT2D eigenvalue weighted by Gasteiger charge is 2.14. The normalized spacial score (nSPS) is 10.8. The molecule has 0 aliphatic rings. The van der Waals surface area contributed by atoms with Gasteiger partial charge in [0.2, 0.25) is 0 Å². The highest BCUT2D eigenvalue weighted by Crippen LogP contribution is 2.15. The summed E-state index contributed by atoms with van der Waals surface area (Å²) in [7, 11) is 0. The van der Waals surface area contributed by atoms with Crippen LogP contribution in [0.5, 0.6) is 0 Å². The van der Waals surface area contributed by atoms with Crippen molar-refractivity contribution < 1.29 is 9.90 Å². The summed E-state index contributed by atoms with van der Waals surface area (Å²) in [6, 6.07) is 0. The molecule has 0 spiro atoms. The first kappa shape index (κ1) is 12.8. The zero-order valence-corrected chi connectivity index (χ0v) is 11.2. The second kappa shape index (κ2) is 5.30. The maximum absolute atomic E-state index is 11.1. The van der Waals surface area contributed by atoms with E-state index in [4.69, 9.17) is 5.11 Å². The molecule has 0 fully saturated rings. The van der Waals surface area contributed by atoms with E-state index in [0.717, 1.165) is 23.5 Å². The highest BCUT2D eigenvalue weighted by atomic mass is 32.1. The molecule has 5 nitrogen and oxygen atoms in total. The molecule has 0 saturated heterocycles. The second-order valence-electron chi connectivity index (χ2n) is 4.06. The topological polar surface area (TPSA) is 68.0 Å². The number of nitrogens with zero attached hydrogens (tertiary/aromatic N) is 3. The maximum Gasteiger partial charge on any atom is 0.354 e. The summed E-state index contributed by atoms with van der Waals surface area (Å²) in [6.07, 6.45) is 3.42. The number of carbonyl (C=O) groups is 1. The fourth-order valence-electron chi connectivity index (χ4n) is 1.75. The number of aromatic nitrogens is 3. The van der Waals surface area contributed by atoms with Crippen molar-refractivity contribution in [2.75, 3.05) is 0 Å². The lowest BCUT2D eigenvalue weighted by Crippen LogP contribution is -2.11. The van der Waals surface area contributed by atoms with Crippen LogP contribution in [0.2, 0.25) is 0 Å². The molecule has 0 radical (unpaired) electrons. The van der Waals surface area contributed by atoms with Crippen molar-refractivity contribution in [2.45, 2.75) is 33.2 Å². The van der Waals surface area contributed by atoms with Gasteiger partial charge >= 0.3 is 5.97 Å². The van der Waals surface area contributed by atoms with Crippen molar-refractivity contribution in [3.8, 4) is 0 Å². The van der Waals surface area contributed by atoms with Crippen LogP contribution in [-0.4, -0.2) is 25.6 Å². The molecule has 0 aliphatic carbocycles. The minimum Gasteiger partial charge on any atom is -0.477 e. The maximum atomic E-state index is 11.1. The zero-order chi connectivity index (χ0) is 13.1. The number of hydrogen-bond acceptors (Lipinski definition) is 4. The molecule has 0 atom stereocenters. The van der Waals surface area contributed by atoms with Gasteiger partial charge in [0.15, 0.2) is 0 Å². The predicted molar refractivity (Wildman–Crippen MR) is 69.1 cm³/mol. The number of aromatic carboxylic acids is 1. The van der Waals surface area contributed by atoms with Crippen LogP contribution < -0.4 is 0 Å². The van der Waals surface area contributed by atoms with E-state index < -0.39 is 5.97 Å². The quantitative estimate of drug-likeness (QED) is 0.901. The minimum atomic E-state index is -0.959. The largest absolute Gasteiger partial charge is 0.477 e. The number of hydrogen-bond donors (Lipinski definition) is 1. The second-order valence-corrected chi connectivity index (χ2v) is 5.01. The van der Waals surface area contributed by atoms with Gasteiger partial charge in [-0.2, -0.15) is 0 Å². The molecule has 0 saturated carbocycles. The molecule has 18 heavy (non-hydrogen) atoms. The summed E-state index contributed by atoms with van der Waals surface area (Å²) in [5, 5.41) is 12.1. The zero-order valence-electron chi connectivity index (χ0n) is 10.4.